The van der Waals surface area contributed by atoms with Crippen LogP contribution >= 0.6 is 31.7 Å². The Kier molecular flexibility index (Phi) is 26.9. The van der Waals surface area contributed by atoms with E-state index in [1.165, 1.54) is 138 Å². The summed E-state index contributed by atoms with van der Waals surface area (Å²) in [4.78, 5) is 27.7. The molecule has 420 valence electrons. The van der Waals surface area contributed by atoms with Crippen LogP contribution in [0.2, 0.25) is 0 Å². The molecule has 0 bridgehead atoms. The van der Waals surface area contributed by atoms with Gasteiger partial charge in [-0.15, -0.1) is 0 Å². The van der Waals surface area contributed by atoms with Crippen molar-refractivity contribution in [2.24, 2.45) is 0 Å². The van der Waals surface area contributed by atoms with E-state index in [0.29, 0.717) is 0 Å². The van der Waals surface area contributed by atoms with E-state index in [0.717, 1.165) is 51.1 Å². The lowest BCUT2D eigenvalue weighted by Gasteiger charge is -2.35. The first-order valence-electron chi connectivity index (χ1n) is 28.2. The SMILES string of the molecule is CN(C)C=O.CN(C)C=O.Cc1cc(C)c([P@]2CCCC[P@@](c3c(C)cc(C)cc3C)CN(Cc3ccccc3)C[P@@](c3c(C)cc(C)cc3C)CCCC[P@@](c3c(C)cc(C)cc3C)CN(Cc3ccccc3)C2)c(C)c1. The Hall–Kier alpha value is -4.10. The Labute approximate surface area is 479 Å². The zero-order valence-corrected chi connectivity index (χ0v) is 54.4. The van der Waals surface area contributed by atoms with Gasteiger partial charge in [0.1, 0.15) is 0 Å². The van der Waals surface area contributed by atoms with Crippen LogP contribution in [0.25, 0.3) is 0 Å². The molecule has 6 aromatic carbocycles. The van der Waals surface area contributed by atoms with E-state index in [4.69, 9.17) is 0 Å². The van der Waals surface area contributed by atoms with Gasteiger partial charge >= 0.3 is 0 Å². The van der Waals surface area contributed by atoms with Crippen molar-refractivity contribution in [2.45, 2.75) is 122 Å². The smallest absolute Gasteiger partial charge is 0.209 e. The van der Waals surface area contributed by atoms with E-state index in [1.807, 2.05) is 0 Å². The monoisotopic (exact) mass is 1120 g/mol. The van der Waals surface area contributed by atoms with Gasteiger partial charge in [0, 0.05) is 66.4 Å². The van der Waals surface area contributed by atoms with E-state index in [-0.39, 0.29) is 0 Å². The zero-order chi connectivity index (χ0) is 57.1. The summed E-state index contributed by atoms with van der Waals surface area (Å²) in [5, 5.41) is 6.67. The average Bonchev–Trinajstić information content (AvgIpc) is 3.36. The molecule has 0 unspecified atom stereocenters. The summed E-state index contributed by atoms with van der Waals surface area (Å²) in [6, 6.07) is 42.6. The molecule has 0 N–H and O–H groups in total. The maximum absolute atomic E-state index is 9.43. The van der Waals surface area contributed by atoms with Gasteiger partial charge in [0.2, 0.25) is 12.8 Å². The molecule has 10 heteroatoms. The van der Waals surface area contributed by atoms with E-state index < -0.39 is 31.7 Å². The van der Waals surface area contributed by atoms with Gasteiger partial charge in [0.05, 0.1) is 0 Å². The minimum Gasteiger partial charge on any atom is -0.351 e. The second-order valence-corrected chi connectivity index (χ2v) is 31.8. The highest BCUT2D eigenvalue weighted by atomic mass is 31.1. The minimum atomic E-state index is -0.427. The number of rotatable bonds is 10. The molecule has 78 heavy (non-hydrogen) atoms. The summed E-state index contributed by atoms with van der Waals surface area (Å²) < 4.78 is 0. The number of carbonyl (C=O) groups excluding carboxylic acids is 2. The summed E-state index contributed by atoms with van der Waals surface area (Å²) in [6.07, 6.45) is 16.4. The highest BCUT2D eigenvalue weighted by molar-refractivity contribution is 7.67. The van der Waals surface area contributed by atoms with Crippen molar-refractivity contribution in [2.75, 3.05) is 78.0 Å². The molecule has 0 aromatic heterocycles. The number of nitrogens with zero attached hydrogens (tertiary/aromatic N) is 4. The highest BCUT2D eigenvalue weighted by Gasteiger charge is 2.28. The number of hydrogen-bond acceptors (Lipinski definition) is 4. The van der Waals surface area contributed by atoms with Gasteiger partial charge in [-0.2, -0.15) is 0 Å². The van der Waals surface area contributed by atoms with Crippen molar-refractivity contribution in [3.63, 3.8) is 0 Å². The Bertz CT molecular complexity index is 2410. The van der Waals surface area contributed by atoms with Crippen molar-refractivity contribution >= 4 is 65.7 Å². The zero-order valence-electron chi connectivity index (χ0n) is 50.8. The molecule has 1 heterocycles. The van der Waals surface area contributed by atoms with Gasteiger partial charge < -0.3 is 9.80 Å². The highest BCUT2D eigenvalue weighted by Crippen LogP contribution is 2.48. The summed E-state index contributed by atoms with van der Waals surface area (Å²) in [7, 11) is 5.04. The number of hydrogen-bond donors (Lipinski definition) is 0. The van der Waals surface area contributed by atoms with Crippen molar-refractivity contribution in [1.29, 1.82) is 0 Å². The number of benzene rings is 6. The van der Waals surface area contributed by atoms with E-state index in [9.17, 15) is 9.59 Å². The van der Waals surface area contributed by atoms with Gasteiger partial charge in [-0.25, -0.2) is 0 Å². The molecule has 4 atom stereocenters. The molecule has 6 aromatic rings. The molecule has 1 aliphatic rings. The summed E-state index contributed by atoms with van der Waals surface area (Å²) in [6.45, 7) is 30.5. The average molecular weight is 1130 g/mol. The molecule has 0 aliphatic carbocycles. The first-order chi connectivity index (χ1) is 37.2. The molecule has 0 spiro atoms. The van der Waals surface area contributed by atoms with Crippen LogP contribution in [-0.4, -0.2) is 110 Å². The van der Waals surface area contributed by atoms with Gasteiger partial charge in [-0.3, -0.25) is 19.4 Å². The molecular formula is C68H96N4O2P4. The van der Waals surface area contributed by atoms with Gasteiger partial charge in [-0.05, 0) is 210 Å². The lowest BCUT2D eigenvalue weighted by Crippen LogP contribution is -2.31. The van der Waals surface area contributed by atoms with Crippen LogP contribution in [0.15, 0.2) is 109 Å². The van der Waals surface area contributed by atoms with E-state index >= 15 is 0 Å². The maximum Gasteiger partial charge on any atom is 0.209 e. The first-order valence-corrected chi connectivity index (χ1v) is 35.1. The molecule has 2 amide bonds. The standard InChI is InChI=1S/C62H82N2P4.2C3H7NO/c1-45-31-49(5)59(50(6)32-45)65-27-19-20-28-67(61-53(9)35-47(3)36-54(61)10)43-64(40-58-25-17-14-18-26-58)44-68(62-55(11)37-48(4)38-56(62)12)30-22-21-29-66(60-51(7)33-46(2)34-52(60)8)42-63(41-65)39-57-23-15-13-16-24-57;2*1-4(2)3-5/h13-18,23-26,31-38H,19-22,27-30,39-44H2,1-12H3;2*3H,1-2H3/t65-,66-,67-,68+;;/m1../s1. The Morgan fingerprint density at radius 2 is 0.551 bits per heavy atom. The van der Waals surface area contributed by atoms with Gasteiger partial charge in [0.25, 0.3) is 0 Å². The van der Waals surface area contributed by atoms with Crippen molar-refractivity contribution in [1.82, 2.24) is 19.6 Å². The van der Waals surface area contributed by atoms with Crippen LogP contribution in [0.3, 0.4) is 0 Å². The number of aryl methyl sites for hydroxylation is 12. The largest absolute Gasteiger partial charge is 0.351 e. The third-order valence-corrected chi connectivity index (χ3v) is 26.2. The lowest BCUT2D eigenvalue weighted by molar-refractivity contribution is -0.116. The molecule has 1 saturated heterocycles. The normalized spacial score (nSPS) is 18.3. The van der Waals surface area contributed by atoms with Gasteiger partial charge in [0.15, 0.2) is 0 Å². The third kappa shape index (κ3) is 20.2. The fraction of sp³-hybridized carbons (Fsp3) is 0.441. The van der Waals surface area contributed by atoms with Crippen LogP contribution in [-0.2, 0) is 22.7 Å². The number of carbonyl (C=O) groups is 2. The van der Waals surface area contributed by atoms with Crippen molar-refractivity contribution in [3.05, 3.63) is 187 Å². The predicted octanol–water partition coefficient (Wildman–Crippen LogP) is 14.7. The number of amides is 2. The summed E-state index contributed by atoms with van der Waals surface area (Å²) in [5.41, 5.74) is 20.5. The molecule has 1 fully saturated rings. The van der Waals surface area contributed by atoms with E-state index in [2.05, 4.69) is 202 Å². The van der Waals surface area contributed by atoms with Crippen LogP contribution in [0.5, 0.6) is 0 Å². The van der Waals surface area contributed by atoms with Crippen LogP contribution < -0.4 is 21.2 Å². The quantitative estimate of drug-likeness (QED) is 0.101. The van der Waals surface area contributed by atoms with Crippen LogP contribution in [0.4, 0.5) is 0 Å². The minimum absolute atomic E-state index is 0.427. The van der Waals surface area contributed by atoms with Crippen LogP contribution in [0, 0.1) is 83.1 Å². The first kappa shape index (κ1) is 64.7. The lowest BCUT2D eigenvalue weighted by atomic mass is 10.1. The Morgan fingerprint density at radius 1 is 0.359 bits per heavy atom. The second kappa shape index (κ2) is 32.4. The van der Waals surface area contributed by atoms with Crippen molar-refractivity contribution in [3.8, 4) is 0 Å². The van der Waals surface area contributed by atoms with Gasteiger partial charge in [-0.1, -0.05) is 163 Å². The maximum atomic E-state index is 9.43. The second-order valence-electron chi connectivity index (χ2n) is 22.8. The topological polar surface area (TPSA) is 47.1 Å². The summed E-state index contributed by atoms with van der Waals surface area (Å²) in [5.74, 6) is 0. The summed E-state index contributed by atoms with van der Waals surface area (Å²) >= 11 is 0. The fourth-order valence-electron chi connectivity index (χ4n) is 11.8. The Morgan fingerprint density at radius 3 is 0.731 bits per heavy atom. The molecule has 0 saturated carbocycles. The predicted molar refractivity (Wildman–Crippen MR) is 350 cm³/mol. The molecule has 6 nitrogen and oxygen atoms in total. The molecule has 0 radical (unpaired) electrons. The van der Waals surface area contributed by atoms with E-state index in [1.54, 1.807) is 49.4 Å². The fourth-order valence-corrected chi connectivity index (χ4v) is 23.8. The Balaban J connectivity index is 0.00000103. The van der Waals surface area contributed by atoms with Crippen LogP contribution in [0.1, 0.15) is 104 Å². The third-order valence-electron chi connectivity index (χ3n) is 14.4. The van der Waals surface area contributed by atoms with Crippen molar-refractivity contribution < 1.29 is 9.59 Å². The molecule has 7 rings (SSSR count). The molecular weight excluding hydrogens is 1030 g/mol. The molecule has 1 aliphatic heterocycles.